The summed E-state index contributed by atoms with van der Waals surface area (Å²) >= 11 is 0. The van der Waals surface area contributed by atoms with Gasteiger partial charge in [-0.15, -0.1) is 0 Å². The van der Waals surface area contributed by atoms with E-state index < -0.39 is 35.7 Å². The van der Waals surface area contributed by atoms with Crippen LogP contribution in [0.15, 0.2) is 24.3 Å². The SMILES string of the molecule is COC(=O)C(Cc1ccc(C(F)(F)F)cc1)OC(=O)[C@@H]1C[C@H]2CC[C@@H]1O2. The third-order valence-electron chi connectivity index (χ3n) is 4.83. The number of halogens is 3. The number of rotatable bonds is 5. The van der Waals surface area contributed by atoms with Gasteiger partial charge in [0.2, 0.25) is 6.10 Å². The second-order valence-electron chi connectivity index (χ2n) is 6.56. The average molecular weight is 372 g/mol. The van der Waals surface area contributed by atoms with Crippen LogP contribution in [-0.2, 0) is 36.4 Å². The number of benzene rings is 1. The van der Waals surface area contributed by atoms with Crippen molar-refractivity contribution in [2.24, 2.45) is 5.92 Å². The van der Waals surface area contributed by atoms with Crippen LogP contribution < -0.4 is 0 Å². The molecule has 8 heteroatoms. The van der Waals surface area contributed by atoms with Gasteiger partial charge < -0.3 is 14.2 Å². The maximum Gasteiger partial charge on any atom is 0.416 e. The van der Waals surface area contributed by atoms with E-state index >= 15 is 0 Å². The van der Waals surface area contributed by atoms with Crippen LogP contribution >= 0.6 is 0 Å². The smallest absolute Gasteiger partial charge is 0.416 e. The fourth-order valence-electron chi connectivity index (χ4n) is 3.46. The van der Waals surface area contributed by atoms with Gasteiger partial charge in [-0.3, -0.25) is 4.79 Å². The van der Waals surface area contributed by atoms with E-state index in [4.69, 9.17) is 9.47 Å². The maximum absolute atomic E-state index is 12.6. The summed E-state index contributed by atoms with van der Waals surface area (Å²) in [6, 6.07) is 4.37. The molecule has 3 rings (SSSR count). The van der Waals surface area contributed by atoms with Crippen molar-refractivity contribution in [2.75, 3.05) is 7.11 Å². The highest BCUT2D eigenvalue weighted by Gasteiger charge is 2.46. The molecule has 0 saturated carbocycles. The molecular weight excluding hydrogens is 353 g/mol. The van der Waals surface area contributed by atoms with E-state index in [0.29, 0.717) is 12.0 Å². The molecule has 2 aliphatic rings. The fraction of sp³-hybridized carbons (Fsp3) is 0.556. The highest BCUT2D eigenvalue weighted by molar-refractivity contribution is 5.81. The van der Waals surface area contributed by atoms with Crippen LogP contribution in [0.3, 0.4) is 0 Å². The lowest BCUT2D eigenvalue weighted by atomic mass is 9.89. The molecule has 0 radical (unpaired) electrons. The molecule has 2 saturated heterocycles. The molecule has 1 aromatic rings. The summed E-state index contributed by atoms with van der Waals surface area (Å²) in [4.78, 5) is 24.3. The Balaban J connectivity index is 1.66. The first kappa shape index (κ1) is 18.7. The minimum atomic E-state index is -4.44. The van der Waals surface area contributed by atoms with Gasteiger partial charge in [0.05, 0.1) is 30.8 Å². The fourth-order valence-corrected chi connectivity index (χ4v) is 3.46. The lowest BCUT2D eigenvalue weighted by molar-refractivity contribution is -0.169. The molecule has 0 aromatic heterocycles. The number of hydrogen-bond acceptors (Lipinski definition) is 5. The van der Waals surface area contributed by atoms with E-state index in [1.54, 1.807) is 0 Å². The van der Waals surface area contributed by atoms with Crippen LogP contribution in [0.5, 0.6) is 0 Å². The van der Waals surface area contributed by atoms with Gasteiger partial charge in [-0.1, -0.05) is 12.1 Å². The van der Waals surface area contributed by atoms with Gasteiger partial charge >= 0.3 is 18.1 Å². The third-order valence-corrected chi connectivity index (χ3v) is 4.83. The highest BCUT2D eigenvalue weighted by atomic mass is 19.4. The van der Waals surface area contributed by atoms with Crippen molar-refractivity contribution in [1.82, 2.24) is 0 Å². The van der Waals surface area contributed by atoms with Crippen molar-refractivity contribution in [1.29, 1.82) is 0 Å². The Hall–Kier alpha value is -2.09. The Morgan fingerprint density at radius 2 is 1.92 bits per heavy atom. The molecule has 2 aliphatic heterocycles. The summed E-state index contributed by atoms with van der Waals surface area (Å²) in [5.41, 5.74) is -0.350. The molecule has 0 amide bonds. The van der Waals surface area contributed by atoms with Gasteiger partial charge in [0, 0.05) is 6.42 Å². The molecule has 0 spiro atoms. The minimum Gasteiger partial charge on any atom is -0.466 e. The number of esters is 2. The number of methoxy groups -OCH3 is 1. The van der Waals surface area contributed by atoms with Crippen molar-refractivity contribution in [2.45, 2.75) is 50.2 Å². The number of carbonyl (C=O) groups excluding carboxylic acids is 2. The molecule has 1 aromatic carbocycles. The molecule has 2 fully saturated rings. The lowest BCUT2D eigenvalue weighted by Crippen LogP contribution is -2.35. The van der Waals surface area contributed by atoms with Crippen LogP contribution in [-0.4, -0.2) is 37.4 Å². The summed E-state index contributed by atoms with van der Waals surface area (Å²) in [6.07, 6.45) is -3.55. The zero-order valence-corrected chi connectivity index (χ0v) is 14.1. The summed E-state index contributed by atoms with van der Waals surface area (Å²) in [5.74, 6) is -1.68. The molecule has 2 heterocycles. The molecule has 0 N–H and O–H groups in total. The van der Waals surface area contributed by atoms with Gasteiger partial charge in [-0.2, -0.15) is 13.2 Å². The summed E-state index contributed by atoms with van der Waals surface area (Å²) in [6.45, 7) is 0. The molecule has 142 valence electrons. The number of carbonyl (C=O) groups is 2. The Morgan fingerprint density at radius 1 is 1.23 bits per heavy atom. The van der Waals surface area contributed by atoms with Gasteiger partial charge in [-0.25, -0.2) is 4.79 Å². The number of fused-ring (bicyclic) bond motifs is 2. The van der Waals surface area contributed by atoms with Crippen molar-refractivity contribution in [3.8, 4) is 0 Å². The van der Waals surface area contributed by atoms with Crippen molar-refractivity contribution >= 4 is 11.9 Å². The second kappa shape index (κ2) is 7.26. The molecule has 1 unspecified atom stereocenters. The topological polar surface area (TPSA) is 61.8 Å². The average Bonchev–Trinajstić information content (AvgIpc) is 3.23. The van der Waals surface area contributed by atoms with Gasteiger partial charge in [0.15, 0.2) is 0 Å². The zero-order chi connectivity index (χ0) is 18.9. The van der Waals surface area contributed by atoms with E-state index in [1.165, 1.54) is 12.1 Å². The van der Waals surface area contributed by atoms with Crippen molar-refractivity contribution in [3.05, 3.63) is 35.4 Å². The molecule has 5 nitrogen and oxygen atoms in total. The van der Waals surface area contributed by atoms with Crippen LogP contribution in [0, 0.1) is 5.92 Å². The Bertz CT molecular complexity index is 670. The largest absolute Gasteiger partial charge is 0.466 e. The number of alkyl halides is 3. The van der Waals surface area contributed by atoms with Crippen LogP contribution in [0.4, 0.5) is 13.2 Å². The summed E-state index contributed by atoms with van der Waals surface area (Å²) in [7, 11) is 1.16. The van der Waals surface area contributed by atoms with Gasteiger partial charge in [0.25, 0.3) is 0 Å². The van der Waals surface area contributed by atoms with Crippen molar-refractivity contribution < 1.29 is 37.0 Å². The third kappa shape index (κ3) is 4.00. The normalized spacial score (nSPS) is 25.8. The highest BCUT2D eigenvalue weighted by Crippen LogP contribution is 2.39. The number of ether oxygens (including phenoxy) is 3. The van der Waals surface area contributed by atoms with Gasteiger partial charge in [-0.05, 0) is 37.0 Å². The van der Waals surface area contributed by atoms with E-state index in [9.17, 15) is 22.8 Å². The predicted molar refractivity (Wildman–Crippen MR) is 83.0 cm³/mol. The summed E-state index contributed by atoms with van der Waals surface area (Å²) in [5, 5.41) is 0. The standard InChI is InChI=1S/C18H19F3O5/c1-24-17(23)15(8-10-2-4-11(5-3-10)18(19,20)21)26-16(22)13-9-12-6-7-14(13)25-12/h2-5,12-15H,6-9H2,1H3/t12-,13-,14+,15?/m1/s1. The van der Waals surface area contributed by atoms with E-state index in [1.807, 2.05) is 0 Å². The maximum atomic E-state index is 12.6. The van der Waals surface area contributed by atoms with E-state index in [2.05, 4.69) is 4.74 Å². The lowest BCUT2D eigenvalue weighted by Gasteiger charge is -2.21. The van der Waals surface area contributed by atoms with Gasteiger partial charge in [0.1, 0.15) is 0 Å². The molecule has 2 bridgehead atoms. The monoisotopic (exact) mass is 372 g/mol. The first-order valence-corrected chi connectivity index (χ1v) is 8.38. The predicted octanol–water partition coefficient (Wildman–Crippen LogP) is 2.90. The quantitative estimate of drug-likeness (QED) is 0.744. The second-order valence-corrected chi connectivity index (χ2v) is 6.56. The van der Waals surface area contributed by atoms with Crippen LogP contribution in [0.25, 0.3) is 0 Å². The first-order chi connectivity index (χ1) is 12.3. The Labute approximate surface area is 148 Å². The molecular formula is C18H19F3O5. The molecule has 0 aliphatic carbocycles. The Kier molecular flexibility index (Phi) is 5.22. The van der Waals surface area contributed by atoms with E-state index in [-0.39, 0.29) is 18.6 Å². The van der Waals surface area contributed by atoms with Crippen LogP contribution in [0.2, 0.25) is 0 Å². The van der Waals surface area contributed by atoms with E-state index in [0.717, 1.165) is 32.1 Å². The van der Waals surface area contributed by atoms with Crippen LogP contribution in [0.1, 0.15) is 30.4 Å². The summed E-state index contributed by atoms with van der Waals surface area (Å²) < 4.78 is 53.5. The number of hydrogen-bond donors (Lipinski definition) is 0. The zero-order valence-electron chi connectivity index (χ0n) is 14.1. The molecule has 26 heavy (non-hydrogen) atoms. The first-order valence-electron chi connectivity index (χ1n) is 8.38. The van der Waals surface area contributed by atoms with Crippen molar-refractivity contribution in [3.63, 3.8) is 0 Å². The Morgan fingerprint density at radius 3 is 2.42 bits per heavy atom. The minimum absolute atomic E-state index is 0.0573. The molecule has 4 atom stereocenters.